The minimum Gasteiger partial charge on any atom is -0.494 e. The number of likely N-dealkylation sites (tertiary alicyclic amines) is 1. The lowest BCUT2D eigenvalue weighted by Crippen LogP contribution is -2.31. The summed E-state index contributed by atoms with van der Waals surface area (Å²) in [6.07, 6.45) is 7.49. The molecule has 0 unspecified atom stereocenters. The molecule has 200 valence electrons. The molecule has 0 amide bonds. The van der Waals surface area contributed by atoms with Crippen LogP contribution in [-0.2, 0) is 11.2 Å². The second-order valence-corrected chi connectivity index (χ2v) is 9.62. The van der Waals surface area contributed by atoms with E-state index in [9.17, 15) is 9.59 Å². The van der Waals surface area contributed by atoms with E-state index in [-0.39, 0.29) is 18.2 Å². The second kappa shape index (κ2) is 13.6. The van der Waals surface area contributed by atoms with Gasteiger partial charge in [-0.15, -0.1) is 12.4 Å². The Morgan fingerprint density at radius 3 is 2.43 bits per heavy atom. The van der Waals surface area contributed by atoms with Crippen molar-refractivity contribution in [2.45, 2.75) is 58.8 Å². The number of carbonyl (C=O) groups excluding carboxylic acids is 2. The summed E-state index contributed by atoms with van der Waals surface area (Å²) in [4.78, 5) is 28.5. The molecule has 2 heterocycles. The molecule has 0 saturated carbocycles. The molecule has 1 aliphatic rings. The van der Waals surface area contributed by atoms with Crippen molar-refractivity contribution < 1.29 is 23.5 Å². The zero-order chi connectivity index (χ0) is 25.5. The van der Waals surface area contributed by atoms with Crippen molar-refractivity contribution in [1.29, 1.82) is 0 Å². The number of fused-ring (bicyclic) bond motifs is 1. The number of aryl methyl sites for hydroxylation is 2. The molecule has 1 aliphatic heterocycles. The highest BCUT2D eigenvalue weighted by atomic mass is 35.5. The van der Waals surface area contributed by atoms with Crippen molar-refractivity contribution in [1.82, 2.24) is 4.90 Å². The summed E-state index contributed by atoms with van der Waals surface area (Å²) in [5.41, 5.74) is 2.90. The molecule has 0 spiro atoms. The summed E-state index contributed by atoms with van der Waals surface area (Å²) in [5, 5.41) is 0.648. The highest BCUT2D eigenvalue weighted by Gasteiger charge is 2.24. The minimum absolute atomic E-state index is 0. The van der Waals surface area contributed by atoms with E-state index in [1.54, 1.807) is 18.2 Å². The van der Waals surface area contributed by atoms with Gasteiger partial charge in [0.05, 0.1) is 24.8 Å². The lowest BCUT2D eigenvalue weighted by atomic mass is 9.96. The number of furan rings is 1. The van der Waals surface area contributed by atoms with Crippen molar-refractivity contribution in [3.8, 4) is 5.75 Å². The van der Waals surface area contributed by atoms with Crippen LogP contribution in [0.4, 0.5) is 0 Å². The Hall–Kier alpha value is -2.83. The Bertz CT molecular complexity index is 1190. The third-order valence-electron chi connectivity index (χ3n) is 6.95. The Labute approximate surface area is 225 Å². The van der Waals surface area contributed by atoms with Gasteiger partial charge in [0.25, 0.3) is 0 Å². The molecule has 0 aliphatic carbocycles. The van der Waals surface area contributed by atoms with Crippen LogP contribution in [-0.4, -0.2) is 50.0 Å². The molecule has 0 bridgehead atoms. The van der Waals surface area contributed by atoms with Gasteiger partial charge in [-0.3, -0.25) is 4.79 Å². The summed E-state index contributed by atoms with van der Waals surface area (Å²) in [6.45, 7) is 8.06. The first kappa shape index (κ1) is 28.7. The highest BCUT2D eigenvalue weighted by Crippen LogP contribution is 2.32. The molecule has 37 heavy (non-hydrogen) atoms. The van der Waals surface area contributed by atoms with E-state index in [1.807, 2.05) is 25.1 Å². The molecule has 6 nitrogen and oxygen atoms in total. The largest absolute Gasteiger partial charge is 0.494 e. The van der Waals surface area contributed by atoms with Gasteiger partial charge < -0.3 is 18.8 Å². The molecule has 7 heteroatoms. The number of carbonyl (C=O) groups is 2. The molecule has 1 aromatic heterocycles. The Balaban J connectivity index is 0.00000380. The molecule has 1 fully saturated rings. The molecule has 1 saturated heterocycles. The van der Waals surface area contributed by atoms with Crippen LogP contribution < -0.4 is 4.74 Å². The molecule has 2 aromatic carbocycles. The number of ketones is 1. The van der Waals surface area contributed by atoms with Crippen molar-refractivity contribution in [2.24, 2.45) is 0 Å². The van der Waals surface area contributed by atoms with Crippen LogP contribution in [0.2, 0.25) is 0 Å². The molecule has 0 atom stereocenters. The lowest BCUT2D eigenvalue weighted by Gasteiger charge is -2.26. The fourth-order valence-electron chi connectivity index (χ4n) is 4.90. The lowest BCUT2D eigenvalue weighted by molar-refractivity contribution is 0.0600. The molecular formula is C30H38ClNO5. The predicted molar refractivity (Wildman–Crippen MR) is 148 cm³/mol. The van der Waals surface area contributed by atoms with E-state index in [0.29, 0.717) is 46.4 Å². The number of benzene rings is 2. The molecule has 0 N–H and O–H groups in total. The van der Waals surface area contributed by atoms with Gasteiger partial charge in [0, 0.05) is 23.9 Å². The van der Waals surface area contributed by atoms with Crippen LogP contribution in [0, 0.1) is 6.92 Å². The number of methoxy groups -OCH3 is 1. The maximum absolute atomic E-state index is 13.7. The molecule has 3 aromatic rings. The fourth-order valence-corrected chi connectivity index (χ4v) is 4.90. The number of esters is 1. The highest BCUT2D eigenvalue weighted by molar-refractivity contribution is 6.17. The van der Waals surface area contributed by atoms with Gasteiger partial charge >= 0.3 is 5.97 Å². The average molecular weight is 528 g/mol. The topological polar surface area (TPSA) is 69.0 Å². The number of hydrogen-bond acceptors (Lipinski definition) is 6. The molecular weight excluding hydrogens is 490 g/mol. The second-order valence-electron chi connectivity index (χ2n) is 9.62. The van der Waals surface area contributed by atoms with E-state index >= 15 is 0 Å². The maximum Gasteiger partial charge on any atom is 0.338 e. The zero-order valence-electron chi connectivity index (χ0n) is 22.1. The van der Waals surface area contributed by atoms with Crippen LogP contribution >= 0.6 is 12.4 Å². The first-order valence-electron chi connectivity index (χ1n) is 13.2. The Kier molecular flexibility index (Phi) is 10.6. The SMILES string of the molecule is CCCCc1oc2cc(C)c(C(=O)OC)cc2c1C(=O)c1ccc(OCCCN2CCCCC2)cc1.Cl. The van der Waals surface area contributed by atoms with Gasteiger partial charge in [-0.2, -0.15) is 0 Å². The summed E-state index contributed by atoms with van der Waals surface area (Å²) >= 11 is 0. The Morgan fingerprint density at radius 2 is 1.76 bits per heavy atom. The van der Waals surface area contributed by atoms with Gasteiger partial charge in [0.15, 0.2) is 5.78 Å². The average Bonchev–Trinajstić information content (AvgIpc) is 3.26. The summed E-state index contributed by atoms with van der Waals surface area (Å²) in [6, 6.07) is 10.9. The van der Waals surface area contributed by atoms with Gasteiger partial charge in [-0.25, -0.2) is 4.79 Å². The summed E-state index contributed by atoms with van der Waals surface area (Å²) in [7, 11) is 1.36. The number of piperidine rings is 1. The third-order valence-corrected chi connectivity index (χ3v) is 6.95. The van der Waals surface area contributed by atoms with Crippen LogP contribution in [0.3, 0.4) is 0 Å². The fraction of sp³-hybridized carbons (Fsp3) is 0.467. The Morgan fingerprint density at radius 1 is 1.03 bits per heavy atom. The van der Waals surface area contributed by atoms with Crippen LogP contribution in [0.5, 0.6) is 5.75 Å². The monoisotopic (exact) mass is 527 g/mol. The number of ether oxygens (including phenoxy) is 2. The summed E-state index contributed by atoms with van der Waals surface area (Å²) in [5.74, 6) is 0.885. The quantitative estimate of drug-likeness (QED) is 0.155. The van der Waals surface area contributed by atoms with Gasteiger partial charge in [-0.1, -0.05) is 19.8 Å². The number of halogens is 1. The van der Waals surface area contributed by atoms with Crippen molar-refractivity contribution in [2.75, 3.05) is 33.4 Å². The van der Waals surface area contributed by atoms with E-state index in [1.165, 1.54) is 39.5 Å². The smallest absolute Gasteiger partial charge is 0.338 e. The van der Waals surface area contributed by atoms with Crippen LogP contribution in [0.25, 0.3) is 11.0 Å². The molecule has 0 radical (unpaired) electrons. The van der Waals surface area contributed by atoms with Crippen molar-refractivity contribution >= 4 is 35.1 Å². The number of hydrogen-bond donors (Lipinski definition) is 0. The normalized spacial score (nSPS) is 13.8. The standard InChI is InChI=1S/C30H37NO5.ClH/c1-4-5-10-26-28(25-20-24(30(33)34-3)21(2)19-27(25)36-26)29(32)22-11-13-23(14-12-22)35-18-9-17-31-15-7-6-8-16-31;/h11-14,19-20H,4-10,15-18H2,1-3H3;1H. The van der Waals surface area contributed by atoms with E-state index in [4.69, 9.17) is 13.9 Å². The van der Waals surface area contributed by atoms with Crippen LogP contribution in [0.15, 0.2) is 40.8 Å². The third kappa shape index (κ3) is 6.93. The minimum atomic E-state index is -0.425. The van der Waals surface area contributed by atoms with Gasteiger partial charge in [-0.05, 0) is 87.7 Å². The summed E-state index contributed by atoms with van der Waals surface area (Å²) < 4.78 is 17.0. The number of unbranched alkanes of at least 4 members (excludes halogenated alkanes) is 1. The predicted octanol–water partition coefficient (Wildman–Crippen LogP) is 6.78. The number of rotatable bonds is 11. The van der Waals surface area contributed by atoms with Gasteiger partial charge in [0.1, 0.15) is 17.1 Å². The van der Waals surface area contributed by atoms with E-state index in [0.717, 1.165) is 37.1 Å². The van der Waals surface area contributed by atoms with E-state index < -0.39 is 5.97 Å². The first-order valence-corrected chi connectivity index (χ1v) is 13.2. The van der Waals surface area contributed by atoms with Crippen molar-refractivity contribution in [3.63, 3.8) is 0 Å². The number of nitrogens with zero attached hydrogens (tertiary/aromatic N) is 1. The van der Waals surface area contributed by atoms with Gasteiger partial charge in [0.2, 0.25) is 0 Å². The van der Waals surface area contributed by atoms with Crippen molar-refractivity contribution in [3.05, 3.63) is 64.4 Å². The maximum atomic E-state index is 13.7. The van der Waals surface area contributed by atoms with Crippen LogP contribution in [0.1, 0.15) is 83.1 Å². The molecule has 4 rings (SSSR count). The van der Waals surface area contributed by atoms with E-state index in [2.05, 4.69) is 11.8 Å². The zero-order valence-corrected chi connectivity index (χ0v) is 23.0. The first-order chi connectivity index (χ1) is 17.5.